The van der Waals surface area contributed by atoms with Gasteiger partial charge in [0.25, 0.3) is 0 Å². The molecule has 0 bridgehead atoms. The highest BCUT2D eigenvalue weighted by Gasteiger charge is 2.09. The molecule has 0 saturated heterocycles. The fraction of sp³-hybridized carbons (Fsp3) is 0.143. The minimum absolute atomic E-state index is 0.151. The molecule has 144 valence electrons. The van der Waals surface area contributed by atoms with Crippen LogP contribution in [0.3, 0.4) is 0 Å². The highest BCUT2D eigenvalue weighted by Crippen LogP contribution is 2.27. The summed E-state index contributed by atoms with van der Waals surface area (Å²) in [6.07, 6.45) is 0. The van der Waals surface area contributed by atoms with E-state index in [0.29, 0.717) is 16.5 Å². The molecule has 0 aromatic heterocycles. The van der Waals surface area contributed by atoms with Crippen molar-refractivity contribution in [1.82, 2.24) is 0 Å². The number of methoxy groups -OCH3 is 1. The highest BCUT2D eigenvalue weighted by atomic mass is 35.5. The normalized spacial score (nSPS) is 10.5. The number of rotatable bonds is 7. The van der Waals surface area contributed by atoms with E-state index in [1.165, 1.54) is 18.9 Å². The molecule has 0 saturated carbocycles. The largest absolute Gasteiger partial charge is 0.495 e. The van der Waals surface area contributed by atoms with Crippen LogP contribution in [0.25, 0.3) is 10.8 Å². The van der Waals surface area contributed by atoms with Gasteiger partial charge < -0.3 is 15.4 Å². The molecule has 0 aliphatic rings. The van der Waals surface area contributed by atoms with Crippen molar-refractivity contribution >= 4 is 57.3 Å². The number of hydrogen-bond donors (Lipinski definition) is 2. The van der Waals surface area contributed by atoms with Gasteiger partial charge in [0.1, 0.15) is 5.75 Å². The molecule has 0 radical (unpaired) electrons. The molecule has 2 N–H and O–H groups in total. The molecule has 0 unspecified atom stereocenters. The average Bonchev–Trinajstić information content (AvgIpc) is 2.68. The summed E-state index contributed by atoms with van der Waals surface area (Å²) in [5.41, 5.74) is 1.35. The van der Waals surface area contributed by atoms with Gasteiger partial charge in [0.15, 0.2) is 0 Å². The molecule has 3 aromatic rings. The topological polar surface area (TPSA) is 67.4 Å². The number of amides is 2. The second kappa shape index (κ2) is 9.48. The van der Waals surface area contributed by atoms with Crippen LogP contribution in [0.1, 0.15) is 0 Å². The smallest absolute Gasteiger partial charge is 0.234 e. The average molecular weight is 415 g/mol. The Morgan fingerprint density at radius 3 is 2.43 bits per heavy atom. The van der Waals surface area contributed by atoms with E-state index in [9.17, 15) is 9.59 Å². The Balaban J connectivity index is 1.48. The van der Waals surface area contributed by atoms with E-state index >= 15 is 0 Å². The third kappa shape index (κ3) is 5.18. The number of carbonyl (C=O) groups is 2. The fourth-order valence-electron chi connectivity index (χ4n) is 2.70. The zero-order valence-electron chi connectivity index (χ0n) is 15.2. The number of thioether (sulfide) groups is 1. The van der Waals surface area contributed by atoms with Gasteiger partial charge in [-0.1, -0.05) is 48.0 Å². The van der Waals surface area contributed by atoms with Gasteiger partial charge in [-0.2, -0.15) is 0 Å². The van der Waals surface area contributed by atoms with E-state index < -0.39 is 0 Å². The SMILES string of the molecule is COc1ccc(NC(=O)CSCC(=O)Nc2cccc3ccccc23)cc1Cl. The van der Waals surface area contributed by atoms with Crippen molar-refractivity contribution in [2.75, 3.05) is 29.2 Å². The zero-order valence-corrected chi connectivity index (χ0v) is 16.8. The number of ether oxygens (including phenoxy) is 1. The predicted octanol–water partition coefficient (Wildman–Crippen LogP) is 4.81. The Morgan fingerprint density at radius 1 is 0.964 bits per heavy atom. The van der Waals surface area contributed by atoms with E-state index in [1.807, 2.05) is 42.5 Å². The van der Waals surface area contributed by atoms with Crippen molar-refractivity contribution in [2.24, 2.45) is 0 Å². The van der Waals surface area contributed by atoms with Crippen molar-refractivity contribution in [1.29, 1.82) is 0 Å². The first kappa shape index (κ1) is 20.0. The van der Waals surface area contributed by atoms with Crippen molar-refractivity contribution in [3.05, 3.63) is 65.7 Å². The summed E-state index contributed by atoms with van der Waals surface area (Å²) in [7, 11) is 1.53. The van der Waals surface area contributed by atoms with Crippen LogP contribution in [0, 0.1) is 0 Å². The van der Waals surface area contributed by atoms with E-state index in [1.54, 1.807) is 18.2 Å². The summed E-state index contributed by atoms with van der Waals surface area (Å²) in [5.74, 6) is 0.525. The molecule has 0 spiro atoms. The first-order chi connectivity index (χ1) is 13.6. The lowest BCUT2D eigenvalue weighted by molar-refractivity contribution is -0.114. The summed E-state index contributed by atoms with van der Waals surface area (Å²) in [4.78, 5) is 24.3. The Hall–Kier alpha value is -2.70. The molecule has 0 atom stereocenters. The van der Waals surface area contributed by atoms with Gasteiger partial charge in [0.05, 0.1) is 23.6 Å². The van der Waals surface area contributed by atoms with Crippen LogP contribution in [0.2, 0.25) is 5.02 Å². The monoisotopic (exact) mass is 414 g/mol. The van der Waals surface area contributed by atoms with Gasteiger partial charge in [-0.3, -0.25) is 9.59 Å². The molecule has 0 fully saturated rings. The molecular weight excluding hydrogens is 396 g/mol. The van der Waals surface area contributed by atoms with Gasteiger partial charge in [-0.05, 0) is 29.7 Å². The van der Waals surface area contributed by atoms with E-state index in [-0.39, 0.29) is 23.3 Å². The minimum atomic E-state index is -0.204. The van der Waals surface area contributed by atoms with Crippen LogP contribution in [0.5, 0.6) is 5.75 Å². The standard InChI is InChI=1S/C21H19ClN2O3S/c1-27-19-10-9-15(11-17(19)22)23-20(25)12-28-13-21(26)24-18-8-4-6-14-5-2-3-7-16(14)18/h2-11H,12-13H2,1H3,(H,23,25)(H,24,26). The molecule has 3 rings (SSSR count). The quantitative estimate of drug-likeness (QED) is 0.582. The maximum Gasteiger partial charge on any atom is 0.234 e. The first-order valence-corrected chi connectivity index (χ1v) is 10.1. The molecule has 2 amide bonds. The van der Waals surface area contributed by atoms with Gasteiger partial charge >= 0.3 is 0 Å². The Bertz CT molecular complexity index is 1000. The number of hydrogen-bond acceptors (Lipinski definition) is 4. The molecular formula is C21H19ClN2O3S. The Labute approximate surface area is 172 Å². The van der Waals surface area contributed by atoms with Crippen LogP contribution in [-0.4, -0.2) is 30.4 Å². The molecule has 5 nitrogen and oxygen atoms in total. The number of benzene rings is 3. The van der Waals surface area contributed by atoms with Crippen molar-refractivity contribution < 1.29 is 14.3 Å². The van der Waals surface area contributed by atoms with Crippen LogP contribution < -0.4 is 15.4 Å². The molecule has 0 heterocycles. The number of anilines is 2. The highest BCUT2D eigenvalue weighted by molar-refractivity contribution is 8.00. The summed E-state index contributed by atoms with van der Waals surface area (Å²) in [6.45, 7) is 0. The third-order valence-electron chi connectivity index (χ3n) is 3.97. The fourth-order valence-corrected chi connectivity index (χ4v) is 3.57. The molecule has 0 aliphatic heterocycles. The van der Waals surface area contributed by atoms with Crippen molar-refractivity contribution in [3.63, 3.8) is 0 Å². The third-order valence-corrected chi connectivity index (χ3v) is 5.19. The first-order valence-electron chi connectivity index (χ1n) is 8.55. The number of carbonyl (C=O) groups excluding carboxylic acids is 2. The van der Waals surface area contributed by atoms with Crippen LogP contribution >= 0.6 is 23.4 Å². The van der Waals surface area contributed by atoms with Gasteiger partial charge in [-0.25, -0.2) is 0 Å². The molecule has 3 aromatic carbocycles. The second-order valence-electron chi connectivity index (χ2n) is 5.97. The van der Waals surface area contributed by atoms with Gasteiger partial charge in [0.2, 0.25) is 11.8 Å². The van der Waals surface area contributed by atoms with Crippen LogP contribution in [-0.2, 0) is 9.59 Å². The summed E-state index contributed by atoms with van der Waals surface area (Å²) in [6, 6.07) is 18.6. The Morgan fingerprint density at radius 2 is 1.68 bits per heavy atom. The van der Waals surface area contributed by atoms with Crippen molar-refractivity contribution in [2.45, 2.75) is 0 Å². The number of fused-ring (bicyclic) bond motifs is 1. The zero-order chi connectivity index (χ0) is 19.9. The van der Waals surface area contributed by atoms with Gasteiger partial charge in [-0.15, -0.1) is 11.8 Å². The molecule has 7 heteroatoms. The Kier molecular flexibility index (Phi) is 6.79. The summed E-state index contributed by atoms with van der Waals surface area (Å²) >= 11 is 7.29. The molecule has 28 heavy (non-hydrogen) atoms. The molecule has 0 aliphatic carbocycles. The minimum Gasteiger partial charge on any atom is -0.495 e. The number of nitrogens with one attached hydrogen (secondary N) is 2. The predicted molar refractivity (Wildman–Crippen MR) is 117 cm³/mol. The second-order valence-corrected chi connectivity index (χ2v) is 7.36. The van der Waals surface area contributed by atoms with Crippen molar-refractivity contribution in [3.8, 4) is 5.75 Å². The van der Waals surface area contributed by atoms with Crippen LogP contribution in [0.4, 0.5) is 11.4 Å². The lowest BCUT2D eigenvalue weighted by Crippen LogP contribution is -2.18. The lowest BCUT2D eigenvalue weighted by Gasteiger charge is -2.09. The summed E-state index contributed by atoms with van der Waals surface area (Å²) in [5, 5.41) is 8.12. The van der Waals surface area contributed by atoms with E-state index in [2.05, 4.69) is 10.6 Å². The van der Waals surface area contributed by atoms with E-state index in [4.69, 9.17) is 16.3 Å². The van der Waals surface area contributed by atoms with Gasteiger partial charge in [0, 0.05) is 16.8 Å². The van der Waals surface area contributed by atoms with Crippen LogP contribution in [0.15, 0.2) is 60.7 Å². The maximum atomic E-state index is 12.2. The maximum absolute atomic E-state index is 12.2. The number of halogens is 1. The summed E-state index contributed by atoms with van der Waals surface area (Å²) < 4.78 is 5.08. The van der Waals surface area contributed by atoms with E-state index in [0.717, 1.165) is 16.5 Å². The lowest BCUT2D eigenvalue weighted by atomic mass is 10.1.